The summed E-state index contributed by atoms with van der Waals surface area (Å²) in [5.74, 6) is 0. The van der Waals surface area contributed by atoms with Crippen LogP contribution in [0, 0.1) is 0 Å². The average Bonchev–Trinajstić information content (AvgIpc) is 2.71. The number of aliphatic hydroxyl groups is 3. The highest BCUT2D eigenvalue weighted by molar-refractivity contribution is 4.37. The lowest BCUT2D eigenvalue weighted by molar-refractivity contribution is -0.901. The summed E-state index contributed by atoms with van der Waals surface area (Å²) in [4.78, 5) is 1.29. The van der Waals surface area contributed by atoms with Crippen LogP contribution in [0.1, 0.15) is 6.42 Å². The molecule has 170 valence electrons. The fourth-order valence-corrected chi connectivity index (χ4v) is 2.14. The fourth-order valence-electron chi connectivity index (χ4n) is 2.14. The lowest BCUT2D eigenvalue weighted by Crippen LogP contribution is -3.13. The SMILES string of the molecule is OCCCOCOCC[NH+](CCOCCOCCO)CCOCCOCCO. The van der Waals surface area contributed by atoms with E-state index >= 15 is 0 Å². The third kappa shape index (κ3) is 21.9. The third-order valence-corrected chi connectivity index (χ3v) is 3.63. The molecule has 0 unspecified atom stereocenters. The van der Waals surface area contributed by atoms with Gasteiger partial charge in [-0.2, -0.15) is 0 Å². The molecule has 0 aromatic heterocycles. The molecule has 10 heteroatoms. The Kier molecular flexibility index (Phi) is 24.3. The molecular formula is C18H40NO9+. The van der Waals surface area contributed by atoms with Crippen molar-refractivity contribution in [3.63, 3.8) is 0 Å². The number of hydrogen-bond acceptors (Lipinski definition) is 9. The molecular weight excluding hydrogens is 374 g/mol. The van der Waals surface area contributed by atoms with Crippen LogP contribution < -0.4 is 4.90 Å². The highest BCUT2D eigenvalue weighted by atomic mass is 16.7. The van der Waals surface area contributed by atoms with Crippen LogP contribution >= 0.6 is 0 Å². The van der Waals surface area contributed by atoms with Gasteiger partial charge in [0.2, 0.25) is 0 Å². The summed E-state index contributed by atoms with van der Waals surface area (Å²) < 4.78 is 32.1. The van der Waals surface area contributed by atoms with Crippen molar-refractivity contribution in [3.05, 3.63) is 0 Å². The number of quaternary nitrogens is 1. The van der Waals surface area contributed by atoms with Crippen LogP contribution in [0.15, 0.2) is 0 Å². The van der Waals surface area contributed by atoms with Gasteiger partial charge in [-0.25, -0.2) is 0 Å². The van der Waals surface area contributed by atoms with Crippen molar-refractivity contribution in [1.29, 1.82) is 0 Å². The average molecular weight is 415 g/mol. The quantitative estimate of drug-likeness (QED) is 0.0987. The first kappa shape index (κ1) is 27.6. The summed E-state index contributed by atoms with van der Waals surface area (Å²) in [6.45, 7) is 7.70. The van der Waals surface area contributed by atoms with Crippen LogP contribution in [-0.2, 0) is 28.4 Å². The predicted octanol–water partition coefficient (Wildman–Crippen LogP) is -2.70. The van der Waals surface area contributed by atoms with Crippen LogP contribution in [0.25, 0.3) is 0 Å². The Labute approximate surface area is 168 Å². The Bertz CT molecular complexity index is 245. The largest absolute Gasteiger partial charge is 0.396 e. The fraction of sp³-hybridized carbons (Fsp3) is 1.00. The van der Waals surface area contributed by atoms with Gasteiger partial charge in [-0.1, -0.05) is 0 Å². The Hall–Kier alpha value is -0.400. The molecule has 0 fully saturated rings. The normalized spacial score (nSPS) is 11.6. The van der Waals surface area contributed by atoms with Crippen LogP contribution in [0.2, 0.25) is 0 Å². The summed E-state index contributed by atoms with van der Waals surface area (Å²) >= 11 is 0. The molecule has 0 spiro atoms. The van der Waals surface area contributed by atoms with Crippen molar-refractivity contribution in [2.75, 3.05) is 112 Å². The molecule has 0 aromatic rings. The van der Waals surface area contributed by atoms with Gasteiger partial charge >= 0.3 is 0 Å². The van der Waals surface area contributed by atoms with Crippen molar-refractivity contribution in [1.82, 2.24) is 0 Å². The smallest absolute Gasteiger partial charge is 0.147 e. The zero-order chi connectivity index (χ0) is 20.5. The second-order valence-electron chi connectivity index (χ2n) is 5.91. The van der Waals surface area contributed by atoms with E-state index in [0.717, 1.165) is 19.6 Å². The van der Waals surface area contributed by atoms with Gasteiger partial charge < -0.3 is 48.6 Å². The molecule has 0 aliphatic rings. The van der Waals surface area contributed by atoms with E-state index in [0.29, 0.717) is 72.5 Å². The third-order valence-electron chi connectivity index (χ3n) is 3.63. The van der Waals surface area contributed by atoms with Crippen LogP contribution in [0.5, 0.6) is 0 Å². The van der Waals surface area contributed by atoms with Crippen molar-refractivity contribution in [2.24, 2.45) is 0 Å². The van der Waals surface area contributed by atoms with Gasteiger partial charge in [0.25, 0.3) is 0 Å². The van der Waals surface area contributed by atoms with E-state index in [4.69, 9.17) is 43.7 Å². The lowest BCUT2D eigenvalue weighted by atomic mass is 10.4. The monoisotopic (exact) mass is 414 g/mol. The minimum absolute atomic E-state index is 0.0205. The first-order valence-corrected chi connectivity index (χ1v) is 9.97. The van der Waals surface area contributed by atoms with Crippen molar-refractivity contribution in [2.45, 2.75) is 6.42 Å². The molecule has 0 aliphatic heterocycles. The van der Waals surface area contributed by atoms with E-state index in [1.54, 1.807) is 0 Å². The maximum absolute atomic E-state index is 8.68. The molecule has 0 aromatic carbocycles. The Morgan fingerprint density at radius 1 is 0.429 bits per heavy atom. The van der Waals surface area contributed by atoms with Gasteiger partial charge in [0.1, 0.15) is 26.4 Å². The number of aliphatic hydroxyl groups excluding tert-OH is 3. The topological polar surface area (TPSA) is 121 Å². The van der Waals surface area contributed by atoms with Gasteiger partial charge in [-0.05, 0) is 6.42 Å². The van der Waals surface area contributed by atoms with Crippen LogP contribution in [-0.4, -0.2) is 128 Å². The summed E-state index contributed by atoms with van der Waals surface area (Å²) in [5, 5.41) is 26.0. The summed E-state index contributed by atoms with van der Waals surface area (Å²) in [7, 11) is 0. The maximum Gasteiger partial charge on any atom is 0.147 e. The molecule has 0 amide bonds. The Morgan fingerprint density at radius 3 is 1.32 bits per heavy atom. The van der Waals surface area contributed by atoms with Gasteiger partial charge in [-0.3, -0.25) is 0 Å². The molecule has 0 rings (SSSR count). The molecule has 0 saturated heterocycles. The highest BCUT2D eigenvalue weighted by Crippen LogP contribution is 1.82. The highest BCUT2D eigenvalue weighted by Gasteiger charge is 2.09. The maximum atomic E-state index is 8.68. The minimum Gasteiger partial charge on any atom is -0.396 e. The summed E-state index contributed by atoms with van der Waals surface area (Å²) in [6, 6.07) is 0. The second-order valence-corrected chi connectivity index (χ2v) is 5.91. The zero-order valence-corrected chi connectivity index (χ0v) is 17.0. The van der Waals surface area contributed by atoms with Crippen LogP contribution in [0.4, 0.5) is 0 Å². The molecule has 0 heterocycles. The number of hydrogen-bond donors (Lipinski definition) is 4. The van der Waals surface area contributed by atoms with Gasteiger partial charge in [0.15, 0.2) is 0 Å². The molecule has 0 radical (unpaired) electrons. The van der Waals surface area contributed by atoms with E-state index in [2.05, 4.69) is 0 Å². The van der Waals surface area contributed by atoms with Gasteiger partial charge in [0.05, 0.1) is 79.3 Å². The molecule has 28 heavy (non-hydrogen) atoms. The molecule has 4 N–H and O–H groups in total. The number of rotatable bonds is 24. The minimum atomic E-state index is 0.0205. The lowest BCUT2D eigenvalue weighted by Gasteiger charge is -2.19. The first-order valence-electron chi connectivity index (χ1n) is 9.97. The van der Waals surface area contributed by atoms with E-state index in [1.165, 1.54) is 4.90 Å². The van der Waals surface area contributed by atoms with E-state index in [-0.39, 0.29) is 26.6 Å². The standard InChI is InChI=1S/C18H39NO9/c20-5-1-8-27-18-28-11-4-19(2-9-23-14-16-25-12-6-21)3-10-24-15-17-26-13-7-22/h20-22H,1-18H2/p+1. The zero-order valence-electron chi connectivity index (χ0n) is 17.0. The van der Waals surface area contributed by atoms with Crippen LogP contribution in [0.3, 0.4) is 0 Å². The number of ether oxygens (including phenoxy) is 6. The van der Waals surface area contributed by atoms with E-state index < -0.39 is 0 Å². The van der Waals surface area contributed by atoms with Gasteiger partial charge in [0, 0.05) is 6.61 Å². The van der Waals surface area contributed by atoms with Crippen molar-refractivity contribution < 1.29 is 48.6 Å². The van der Waals surface area contributed by atoms with Gasteiger partial charge in [-0.15, -0.1) is 0 Å². The molecule has 0 aliphatic carbocycles. The Morgan fingerprint density at radius 2 is 0.857 bits per heavy atom. The molecule has 0 saturated carbocycles. The van der Waals surface area contributed by atoms with Crippen molar-refractivity contribution in [3.8, 4) is 0 Å². The Balaban J connectivity index is 3.80. The number of nitrogens with one attached hydrogen (secondary N) is 1. The molecule has 0 atom stereocenters. The molecule has 0 bridgehead atoms. The van der Waals surface area contributed by atoms with E-state index in [9.17, 15) is 0 Å². The first-order chi connectivity index (χ1) is 13.8. The van der Waals surface area contributed by atoms with Crippen molar-refractivity contribution >= 4 is 0 Å². The summed E-state index contributed by atoms with van der Waals surface area (Å²) in [5.41, 5.74) is 0. The molecule has 10 nitrogen and oxygen atoms in total. The summed E-state index contributed by atoms with van der Waals surface area (Å²) in [6.07, 6.45) is 0.611. The predicted molar refractivity (Wildman–Crippen MR) is 101 cm³/mol. The second kappa shape index (κ2) is 24.6. The van der Waals surface area contributed by atoms with E-state index in [1.807, 2.05) is 0 Å².